The summed E-state index contributed by atoms with van der Waals surface area (Å²) in [5.74, 6) is 0.604. The molecule has 4 nitrogen and oxygen atoms in total. The number of anilines is 1. The van der Waals surface area contributed by atoms with Crippen LogP contribution in [0.4, 0.5) is 5.82 Å². The second kappa shape index (κ2) is 2.65. The Labute approximate surface area is 68.2 Å². The van der Waals surface area contributed by atoms with E-state index in [9.17, 15) is 4.79 Å². The maximum Gasteiger partial charge on any atom is 0.302 e. The van der Waals surface area contributed by atoms with Gasteiger partial charge in [-0.05, 0) is 12.8 Å². The van der Waals surface area contributed by atoms with E-state index in [-0.39, 0.29) is 5.56 Å². The molecule has 1 saturated heterocycles. The summed E-state index contributed by atoms with van der Waals surface area (Å²) < 4.78 is 6.58. The third-order valence-electron chi connectivity index (χ3n) is 1.88. The lowest BCUT2D eigenvalue weighted by atomic mass is 10.4. The van der Waals surface area contributed by atoms with Crippen molar-refractivity contribution in [1.82, 2.24) is 8.75 Å². The Morgan fingerprint density at radius 1 is 1.45 bits per heavy atom. The fourth-order valence-corrected chi connectivity index (χ4v) is 1.83. The second-order valence-electron chi connectivity index (χ2n) is 2.63. The predicted octanol–water partition coefficient (Wildman–Crippen LogP) is 0.432. The summed E-state index contributed by atoms with van der Waals surface area (Å²) in [4.78, 5) is 13.1. The van der Waals surface area contributed by atoms with Gasteiger partial charge in [-0.25, -0.2) is 0 Å². The SMILES string of the molecule is O=c1[nH]snc1N1CCCC1. The van der Waals surface area contributed by atoms with Crippen LogP contribution in [0, 0.1) is 0 Å². The van der Waals surface area contributed by atoms with Gasteiger partial charge in [-0.15, -0.1) is 0 Å². The van der Waals surface area contributed by atoms with Gasteiger partial charge in [0.1, 0.15) is 0 Å². The average molecular weight is 171 g/mol. The fourth-order valence-electron chi connectivity index (χ4n) is 1.32. The normalized spacial score (nSPS) is 17.6. The first-order valence-corrected chi connectivity index (χ1v) is 4.44. The molecule has 1 aliphatic heterocycles. The summed E-state index contributed by atoms with van der Waals surface area (Å²) in [6.45, 7) is 1.96. The maximum absolute atomic E-state index is 11.1. The molecular formula is C6H9N3OS. The van der Waals surface area contributed by atoms with E-state index in [1.165, 1.54) is 12.8 Å². The molecule has 0 unspecified atom stereocenters. The minimum absolute atomic E-state index is 0.0445. The van der Waals surface area contributed by atoms with Crippen LogP contribution in [0.5, 0.6) is 0 Å². The molecule has 0 radical (unpaired) electrons. The van der Waals surface area contributed by atoms with E-state index in [1.54, 1.807) is 0 Å². The number of aromatic nitrogens is 2. The molecule has 0 saturated carbocycles. The molecule has 2 rings (SSSR count). The summed E-state index contributed by atoms with van der Waals surface area (Å²) in [6, 6.07) is 0. The van der Waals surface area contributed by atoms with E-state index in [2.05, 4.69) is 8.75 Å². The highest BCUT2D eigenvalue weighted by Gasteiger charge is 2.16. The van der Waals surface area contributed by atoms with Crippen LogP contribution in [0.25, 0.3) is 0 Å². The molecule has 1 fully saturated rings. The van der Waals surface area contributed by atoms with Gasteiger partial charge in [0.2, 0.25) is 5.82 Å². The largest absolute Gasteiger partial charge is 0.351 e. The van der Waals surface area contributed by atoms with Crippen molar-refractivity contribution in [2.24, 2.45) is 0 Å². The van der Waals surface area contributed by atoms with Crippen molar-refractivity contribution in [2.45, 2.75) is 12.8 Å². The lowest BCUT2D eigenvalue weighted by molar-refractivity contribution is 0.942. The summed E-state index contributed by atoms with van der Waals surface area (Å²) in [6.07, 6.45) is 2.36. The van der Waals surface area contributed by atoms with Crippen LogP contribution in [0.2, 0.25) is 0 Å². The summed E-state index contributed by atoms with van der Waals surface area (Å²) >= 11 is 1.12. The summed E-state index contributed by atoms with van der Waals surface area (Å²) in [5.41, 5.74) is -0.0445. The van der Waals surface area contributed by atoms with Gasteiger partial charge in [0.15, 0.2) is 0 Å². The molecule has 1 aliphatic rings. The lowest BCUT2D eigenvalue weighted by Crippen LogP contribution is -2.23. The van der Waals surface area contributed by atoms with Crippen LogP contribution in [0.3, 0.4) is 0 Å². The molecule has 0 aliphatic carbocycles. The Bertz CT molecular complexity index is 286. The first-order valence-electron chi connectivity index (χ1n) is 3.67. The highest BCUT2D eigenvalue weighted by molar-refractivity contribution is 6.99. The molecule has 60 valence electrons. The molecule has 11 heavy (non-hydrogen) atoms. The lowest BCUT2D eigenvalue weighted by Gasteiger charge is -2.10. The minimum atomic E-state index is -0.0445. The van der Waals surface area contributed by atoms with Gasteiger partial charge in [-0.2, -0.15) is 4.37 Å². The molecule has 0 bridgehead atoms. The first-order chi connectivity index (χ1) is 5.38. The van der Waals surface area contributed by atoms with E-state index in [0.717, 1.165) is 24.8 Å². The molecule has 0 spiro atoms. The number of hydrogen-bond acceptors (Lipinski definition) is 4. The molecule has 1 aromatic rings. The molecule has 0 atom stereocenters. The minimum Gasteiger partial charge on any atom is -0.351 e. The number of rotatable bonds is 1. The van der Waals surface area contributed by atoms with Gasteiger partial charge in [0, 0.05) is 24.8 Å². The zero-order valence-electron chi connectivity index (χ0n) is 6.04. The zero-order valence-corrected chi connectivity index (χ0v) is 6.86. The van der Waals surface area contributed by atoms with Crippen molar-refractivity contribution in [1.29, 1.82) is 0 Å². The average Bonchev–Trinajstić information content (AvgIpc) is 2.55. The van der Waals surface area contributed by atoms with Crippen LogP contribution in [-0.2, 0) is 0 Å². The highest BCUT2D eigenvalue weighted by atomic mass is 32.1. The standard InChI is InChI=1S/C6H9N3OS/c10-6-5(7-11-8-6)9-3-1-2-4-9/h1-4H2,(H,8,10). The van der Waals surface area contributed by atoms with Gasteiger partial charge >= 0.3 is 5.56 Å². The Hall–Kier alpha value is -0.840. The van der Waals surface area contributed by atoms with E-state index in [1.807, 2.05) is 4.90 Å². The van der Waals surface area contributed by atoms with Crippen molar-refractivity contribution >= 4 is 17.5 Å². The Morgan fingerprint density at radius 2 is 2.18 bits per heavy atom. The van der Waals surface area contributed by atoms with Gasteiger partial charge in [0.05, 0.1) is 0 Å². The zero-order chi connectivity index (χ0) is 7.68. The predicted molar refractivity (Wildman–Crippen MR) is 44.2 cm³/mol. The van der Waals surface area contributed by atoms with Crippen LogP contribution in [-0.4, -0.2) is 21.8 Å². The molecule has 2 heterocycles. The van der Waals surface area contributed by atoms with E-state index in [0.29, 0.717) is 5.82 Å². The Morgan fingerprint density at radius 3 is 2.73 bits per heavy atom. The Balaban J connectivity index is 2.28. The number of nitrogens with one attached hydrogen (secondary N) is 1. The van der Waals surface area contributed by atoms with Crippen molar-refractivity contribution in [2.75, 3.05) is 18.0 Å². The third kappa shape index (κ3) is 1.16. The van der Waals surface area contributed by atoms with Crippen molar-refractivity contribution in [3.05, 3.63) is 10.4 Å². The van der Waals surface area contributed by atoms with E-state index < -0.39 is 0 Å². The topological polar surface area (TPSA) is 49.0 Å². The number of aromatic amines is 1. The summed E-state index contributed by atoms with van der Waals surface area (Å²) in [5, 5.41) is 0. The highest BCUT2D eigenvalue weighted by Crippen LogP contribution is 2.13. The van der Waals surface area contributed by atoms with Crippen molar-refractivity contribution in [3.8, 4) is 0 Å². The van der Waals surface area contributed by atoms with Crippen molar-refractivity contribution in [3.63, 3.8) is 0 Å². The van der Waals surface area contributed by atoms with Gasteiger partial charge in [-0.3, -0.25) is 9.17 Å². The Kier molecular flexibility index (Phi) is 1.65. The molecule has 1 N–H and O–H groups in total. The van der Waals surface area contributed by atoms with Crippen LogP contribution >= 0.6 is 11.7 Å². The quantitative estimate of drug-likeness (QED) is 0.666. The number of H-pyrrole nitrogens is 1. The third-order valence-corrected chi connectivity index (χ3v) is 2.42. The molecule has 0 amide bonds. The van der Waals surface area contributed by atoms with Gasteiger partial charge in [0.25, 0.3) is 0 Å². The molecule has 0 aromatic carbocycles. The number of nitrogens with zero attached hydrogens (tertiary/aromatic N) is 2. The molecule has 1 aromatic heterocycles. The first kappa shape index (κ1) is 6.84. The van der Waals surface area contributed by atoms with Crippen molar-refractivity contribution < 1.29 is 0 Å². The monoisotopic (exact) mass is 171 g/mol. The van der Waals surface area contributed by atoms with E-state index >= 15 is 0 Å². The fraction of sp³-hybridized carbons (Fsp3) is 0.667. The van der Waals surface area contributed by atoms with Crippen LogP contribution < -0.4 is 10.5 Å². The van der Waals surface area contributed by atoms with Gasteiger partial charge < -0.3 is 4.90 Å². The van der Waals surface area contributed by atoms with E-state index in [4.69, 9.17) is 0 Å². The van der Waals surface area contributed by atoms with Crippen LogP contribution in [0.1, 0.15) is 12.8 Å². The summed E-state index contributed by atoms with van der Waals surface area (Å²) in [7, 11) is 0. The smallest absolute Gasteiger partial charge is 0.302 e. The molecular weight excluding hydrogens is 162 g/mol. The number of hydrogen-bond donors (Lipinski definition) is 1. The van der Waals surface area contributed by atoms with Gasteiger partial charge in [-0.1, -0.05) is 0 Å². The maximum atomic E-state index is 11.1. The van der Waals surface area contributed by atoms with Crippen LogP contribution in [0.15, 0.2) is 4.79 Å². The second-order valence-corrected chi connectivity index (χ2v) is 3.20. The molecule has 5 heteroatoms.